The number of carbonyl (C=O) groups excluding carboxylic acids is 2. The van der Waals surface area contributed by atoms with Crippen LogP contribution in [-0.2, 0) is 14.3 Å². The van der Waals surface area contributed by atoms with Crippen LogP contribution < -0.4 is 10.6 Å². The molecule has 0 saturated carbocycles. The molecule has 0 bridgehead atoms. The molecule has 5 saturated heterocycles. The summed E-state index contributed by atoms with van der Waals surface area (Å²) >= 11 is 0. The van der Waals surface area contributed by atoms with Gasteiger partial charge in [-0.25, -0.2) is 0 Å². The lowest BCUT2D eigenvalue weighted by molar-refractivity contribution is -0.134. The first-order chi connectivity index (χ1) is 16.6. The van der Waals surface area contributed by atoms with Crippen LogP contribution in [0, 0.1) is 0 Å². The standard InChI is InChI=1S/C25H44N6O3/c1-28-20(5-6-23(32)30-14-12-29(13-15-30)22-4-2-3-10-26-22)18-27-25(33)24-21(28)7-11-31(24)19-8-16-34-17-9-19/h19-22,24,26H,2-18H2,1H3,(H,27,33). The van der Waals surface area contributed by atoms with Crippen molar-refractivity contribution in [3.63, 3.8) is 0 Å². The van der Waals surface area contributed by atoms with Crippen molar-refractivity contribution >= 4 is 11.8 Å². The number of carbonyl (C=O) groups is 2. The van der Waals surface area contributed by atoms with Gasteiger partial charge in [-0.15, -0.1) is 0 Å². The van der Waals surface area contributed by atoms with Crippen molar-refractivity contribution < 1.29 is 14.3 Å². The van der Waals surface area contributed by atoms with Crippen molar-refractivity contribution in [1.82, 2.24) is 30.2 Å². The SMILES string of the molecule is CN1C(CCC(=O)N2CCN(C3CCCCN3)CC2)CNC(=O)C2C1CCN2C1CCOCC1. The Balaban J connectivity index is 1.11. The van der Waals surface area contributed by atoms with Crippen LogP contribution in [0.3, 0.4) is 0 Å². The molecule has 2 N–H and O–H groups in total. The Hall–Kier alpha value is -1.26. The van der Waals surface area contributed by atoms with Crippen molar-refractivity contribution in [3.8, 4) is 0 Å². The topological polar surface area (TPSA) is 80.4 Å². The summed E-state index contributed by atoms with van der Waals surface area (Å²) in [7, 11) is 2.16. The van der Waals surface area contributed by atoms with Crippen LogP contribution >= 0.6 is 0 Å². The first-order valence-corrected chi connectivity index (χ1v) is 13.7. The van der Waals surface area contributed by atoms with Gasteiger partial charge in [0, 0.05) is 77.0 Å². The number of hydrogen-bond acceptors (Lipinski definition) is 7. The van der Waals surface area contributed by atoms with E-state index in [0.29, 0.717) is 25.2 Å². The van der Waals surface area contributed by atoms with E-state index in [1.807, 2.05) is 0 Å². The van der Waals surface area contributed by atoms with Gasteiger partial charge in [0.05, 0.1) is 6.17 Å². The lowest BCUT2D eigenvalue weighted by Crippen LogP contribution is -2.56. The van der Waals surface area contributed by atoms with E-state index in [1.165, 1.54) is 19.3 Å². The first kappa shape index (κ1) is 24.4. The molecule has 9 heteroatoms. The van der Waals surface area contributed by atoms with Gasteiger partial charge in [0.1, 0.15) is 6.04 Å². The van der Waals surface area contributed by atoms with Crippen molar-refractivity contribution in [3.05, 3.63) is 0 Å². The number of likely N-dealkylation sites (tertiary alicyclic amines) is 1. The van der Waals surface area contributed by atoms with Gasteiger partial charge in [0.2, 0.25) is 11.8 Å². The lowest BCUT2D eigenvalue weighted by atomic mass is 10.0. The number of fused-ring (bicyclic) bond motifs is 1. The maximum Gasteiger partial charge on any atom is 0.239 e. The third kappa shape index (κ3) is 5.28. The molecule has 9 nitrogen and oxygen atoms in total. The minimum Gasteiger partial charge on any atom is -0.381 e. The summed E-state index contributed by atoms with van der Waals surface area (Å²) in [5.74, 6) is 0.439. The fourth-order valence-electron chi connectivity index (χ4n) is 6.90. The normalized spacial score (nSPS) is 35.1. The van der Waals surface area contributed by atoms with Crippen LogP contribution in [0.4, 0.5) is 0 Å². The lowest BCUT2D eigenvalue weighted by Gasteiger charge is -2.41. The predicted octanol–water partition coefficient (Wildman–Crippen LogP) is 0.0625. The van der Waals surface area contributed by atoms with E-state index in [1.54, 1.807) is 0 Å². The van der Waals surface area contributed by atoms with Gasteiger partial charge < -0.3 is 20.3 Å². The molecule has 34 heavy (non-hydrogen) atoms. The fraction of sp³-hybridized carbons (Fsp3) is 0.920. The Morgan fingerprint density at radius 3 is 2.56 bits per heavy atom. The molecule has 0 aliphatic carbocycles. The average molecular weight is 477 g/mol. The third-order valence-electron chi connectivity index (χ3n) is 9.03. The molecule has 4 atom stereocenters. The zero-order valence-corrected chi connectivity index (χ0v) is 20.9. The minimum absolute atomic E-state index is 0.0738. The third-order valence-corrected chi connectivity index (χ3v) is 9.03. The molecule has 192 valence electrons. The second-order valence-electron chi connectivity index (χ2n) is 10.9. The Kier molecular flexibility index (Phi) is 8.05. The Labute approximate surface area is 204 Å². The zero-order valence-electron chi connectivity index (χ0n) is 20.9. The summed E-state index contributed by atoms with van der Waals surface area (Å²) in [6.45, 7) is 7.92. The van der Waals surface area contributed by atoms with Crippen molar-refractivity contribution in [2.24, 2.45) is 0 Å². The predicted molar refractivity (Wildman–Crippen MR) is 130 cm³/mol. The summed E-state index contributed by atoms with van der Waals surface area (Å²) in [6.07, 6.45) is 8.72. The fourth-order valence-corrected chi connectivity index (χ4v) is 6.90. The van der Waals surface area contributed by atoms with E-state index in [0.717, 1.165) is 78.2 Å². The second kappa shape index (κ2) is 11.2. The van der Waals surface area contributed by atoms with Crippen LogP contribution in [0.15, 0.2) is 0 Å². The first-order valence-electron chi connectivity index (χ1n) is 13.7. The second-order valence-corrected chi connectivity index (χ2v) is 10.9. The molecule has 4 unspecified atom stereocenters. The highest BCUT2D eigenvalue weighted by molar-refractivity contribution is 5.83. The van der Waals surface area contributed by atoms with Crippen molar-refractivity contribution in [2.45, 2.75) is 81.7 Å². The number of piperidine rings is 1. The molecule has 0 aromatic heterocycles. The summed E-state index contributed by atoms with van der Waals surface area (Å²) in [6, 6.07) is 0.820. The quantitative estimate of drug-likeness (QED) is 0.581. The number of nitrogens with zero attached hydrogens (tertiary/aromatic N) is 4. The summed E-state index contributed by atoms with van der Waals surface area (Å²) in [5, 5.41) is 6.85. The summed E-state index contributed by atoms with van der Waals surface area (Å²) in [4.78, 5) is 35.5. The molecule has 0 aromatic rings. The van der Waals surface area contributed by atoms with Gasteiger partial charge in [-0.05, 0) is 58.5 Å². The Morgan fingerprint density at radius 1 is 1.03 bits per heavy atom. The molecule has 5 aliphatic heterocycles. The molecule has 5 aliphatic rings. The largest absolute Gasteiger partial charge is 0.381 e. The van der Waals surface area contributed by atoms with Crippen LogP contribution in [0.1, 0.15) is 51.4 Å². The monoisotopic (exact) mass is 476 g/mol. The highest BCUT2D eigenvalue weighted by Crippen LogP contribution is 2.31. The van der Waals surface area contributed by atoms with Gasteiger partial charge in [0.15, 0.2) is 0 Å². The van der Waals surface area contributed by atoms with E-state index in [4.69, 9.17) is 4.74 Å². The number of hydrogen-bond donors (Lipinski definition) is 2. The van der Waals surface area contributed by atoms with Crippen molar-refractivity contribution in [2.75, 3.05) is 66.1 Å². The Bertz CT molecular complexity index is 703. The minimum atomic E-state index is -0.0738. The maximum atomic E-state index is 13.1. The number of piperazine rings is 1. The number of rotatable bonds is 5. The van der Waals surface area contributed by atoms with Crippen LogP contribution in [0.5, 0.6) is 0 Å². The highest BCUT2D eigenvalue weighted by Gasteiger charge is 2.47. The van der Waals surface area contributed by atoms with E-state index in [9.17, 15) is 9.59 Å². The van der Waals surface area contributed by atoms with E-state index < -0.39 is 0 Å². The van der Waals surface area contributed by atoms with Crippen LogP contribution in [0.25, 0.3) is 0 Å². The molecule has 5 rings (SSSR count). The number of nitrogens with one attached hydrogen (secondary N) is 2. The van der Waals surface area contributed by atoms with Gasteiger partial charge in [0.25, 0.3) is 0 Å². The number of ether oxygens (including phenoxy) is 1. The molecular weight excluding hydrogens is 432 g/mol. The highest BCUT2D eigenvalue weighted by atomic mass is 16.5. The van der Waals surface area contributed by atoms with E-state index >= 15 is 0 Å². The maximum absolute atomic E-state index is 13.1. The van der Waals surface area contributed by atoms with Gasteiger partial charge >= 0.3 is 0 Å². The van der Waals surface area contributed by atoms with Crippen LogP contribution in [0.2, 0.25) is 0 Å². The van der Waals surface area contributed by atoms with Crippen LogP contribution in [-0.4, -0.2) is 128 Å². The van der Waals surface area contributed by atoms with Gasteiger partial charge in [-0.2, -0.15) is 0 Å². The van der Waals surface area contributed by atoms with Gasteiger partial charge in [-0.1, -0.05) is 0 Å². The zero-order chi connectivity index (χ0) is 23.5. The molecule has 2 amide bonds. The Morgan fingerprint density at radius 2 is 1.82 bits per heavy atom. The van der Waals surface area contributed by atoms with E-state index in [2.05, 4.69) is 37.3 Å². The van der Waals surface area contributed by atoms with Crippen molar-refractivity contribution in [1.29, 1.82) is 0 Å². The molecule has 5 fully saturated rings. The van der Waals surface area contributed by atoms with E-state index in [-0.39, 0.29) is 29.9 Å². The van der Waals surface area contributed by atoms with Gasteiger partial charge in [-0.3, -0.25) is 24.3 Å². The number of amides is 2. The molecule has 5 heterocycles. The number of likely N-dealkylation sites (N-methyl/N-ethyl adjacent to an activating group) is 1. The molecule has 0 spiro atoms. The average Bonchev–Trinajstić information content (AvgIpc) is 3.30. The molecular formula is C25H44N6O3. The summed E-state index contributed by atoms with van der Waals surface area (Å²) in [5.41, 5.74) is 0. The molecule has 0 aromatic carbocycles. The molecule has 0 radical (unpaired) electrons. The smallest absolute Gasteiger partial charge is 0.239 e. The summed E-state index contributed by atoms with van der Waals surface area (Å²) < 4.78 is 5.55.